The summed E-state index contributed by atoms with van der Waals surface area (Å²) in [6, 6.07) is 7.57. The van der Waals surface area contributed by atoms with Crippen LogP contribution in [0.4, 0.5) is 5.69 Å². The number of rotatable bonds is 7. The molecule has 0 saturated carbocycles. The molecular weight excluding hydrogens is 256 g/mol. The Hall–Kier alpha value is -2.34. The van der Waals surface area contributed by atoms with Gasteiger partial charge in [0.05, 0.1) is 25.8 Å². The van der Waals surface area contributed by atoms with E-state index in [9.17, 15) is 4.79 Å². The lowest BCUT2D eigenvalue weighted by Crippen LogP contribution is -2.15. The van der Waals surface area contributed by atoms with Crippen molar-refractivity contribution in [1.29, 1.82) is 0 Å². The number of nitrogens with zero attached hydrogens (tertiary/aromatic N) is 2. The average Bonchev–Trinajstić information content (AvgIpc) is 2.85. The molecule has 0 aliphatic carbocycles. The number of primary amides is 1. The lowest BCUT2D eigenvalue weighted by atomic mass is 10.1. The number of hydrogen-bond donors (Lipinski definition) is 3. The minimum Gasteiger partial charge on any atom is -0.394 e. The summed E-state index contributed by atoms with van der Waals surface area (Å²) in [5.41, 5.74) is 8.01. The maximum atomic E-state index is 11.0. The number of carbonyl (C=O) groups is 1. The van der Waals surface area contributed by atoms with Gasteiger partial charge in [-0.3, -0.25) is 9.48 Å². The highest BCUT2D eigenvalue weighted by Crippen LogP contribution is 2.16. The quantitative estimate of drug-likeness (QED) is 0.686. The normalized spacial score (nSPS) is 10.4. The number of para-hydroxylation sites is 1. The fourth-order valence-electron chi connectivity index (χ4n) is 1.95. The topological polar surface area (TPSA) is 93.2 Å². The largest absolute Gasteiger partial charge is 0.394 e. The third-order valence-corrected chi connectivity index (χ3v) is 2.88. The molecule has 6 heteroatoms. The highest BCUT2D eigenvalue weighted by atomic mass is 16.3. The van der Waals surface area contributed by atoms with Crippen LogP contribution in [-0.2, 0) is 24.3 Å². The molecule has 6 nitrogen and oxygen atoms in total. The third-order valence-electron chi connectivity index (χ3n) is 2.88. The molecule has 1 amide bonds. The van der Waals surface area contributed by atoms with Crippen LogP contribution in [0.5, 0.6) is 0 Å². The van der Waals surface area contributed by atoms with E-state index in [-0.39, 0.29) is 18.9 Å². The summed E-state index contributed by atoms with van der Waals surface area (Å²) in [5.74, 6) is -0.352. The number of hydrogen-bond acceptors (Lipinski definition) is 4. The lowest BCUT2D eigenvalue weighted by Gasteiger charge is -2.10. The molecule has 0 bridgehead atoms. The second kappa shape index (κ2) is 6.72. The van der Waals surface area contributed by atoms with E-state index in [1.54, 1.807) is 10.9 Å². The molecule has 4 N–H and O–H groups in total. The molecule has 0 aliphatic heterocycles. The van der Waals surface area contributed by atoms with Crippen molar-refractivity contribution < 1.29 is 9.90 Å². The van der Waals surface area contributed by atoms with Crippen LogP contribution < -0.4 is 11.1 Å². The molecule has 0 atom stereocenters. The van der Waals surface area contributed by atoms with Gasteiger partial charge in [-0.15, -0.1) is 0 Å². The fraction of sp³-hybridized carbons (Fsp3) is 0.286. The van der Waals surface area contributed by atoms with Gasteiger partial charge < -0.3 is 16.2 Å². The van der Waals surface area contributed by atoms with Crippen LogP contribution in [0.3, 0.4) is 0 Å². The smallest absolute Gasteiger partial charge is 0.221 e. The van der Waals surface area contributed by atoms with Gasteiger partial charge in [-0.25, -0.2) is 0 Å². The highest BCUT2D eigenvalue weighted by Gasteiger charge is 2.05. The van der Waals surface area contributed by atoms with Crippen LogP contribution in [0.1, 0.15) is 11.1 Å². The first-order chi connectivity index (χ1) is 9.69. The van der Waals surface area contributed by atoms with Crippen LogP contribution >= 0.6 is 0 Å². The summed E-state index contributed by atoms with van der Waals surface area (Å²) in [7, 11) is 0. The molecule has 20 heavy (non-hydrogen) atoms. The Morgan fingerprint density at radius 3 is 2.95 bits per heavy atom. The van der Waals surface area contributed by atoms with Gasteiger partial charge >= 0.3 is 0 Å². The lowest BCUT2D eigenvalue weighted by molar-refractivity contribution is -0.117. The molecule has 0 saturated heterocycles. The molecule has 0 radical (unpaired) electrons. The summed E-state index contributed by atoms with van der Waals surface area (Å²) in [6.07, 6.45) is 3.84. The van der Waals surface area contributed by atoms with E-state index in [0.29, 0.717) is 13.1 Å². The van der Waals surface area contributed by atoms with Gasteiger partial charge in [0.2, 0.25) is 5.91 Å². The van der Waals surface area contributed by atoms with Crippen LogP contribution in [0.2, 0.25) is 0 Å². The third kappa shape index (κ3) is 3.83. The zero-order valence-corrected chi connectivity index (χ0v) is 11.1. The van der Waals surface area contributed by atoms with E-state index in [0.717, 1.165) is 16.8 Å². The highest BCUT2D eigenvalue weighted by molar-refractivity contribution is 5.78. The molecule has 0 fully saturated rings. The Balaban J connectivity index is 2.00. The minimum atomic E-state index is -0.352. The van der Waals surface area contributed by atoms with E-state index in [1.807, 2.05) is 30.5 Å². The number of aromatic nitrogens is 2. The van der Waals surface area contributed by atoms with Gasteiger partial charge in [0.25, 0.3) is 0 Å². The first kappa shape index (κ1) is 14.1. The van der Waals surface area contributed by atoms with Crippen molar-refractivity contribution in [2.45, 2.75) is 19.5 Å². The summed E-state index contributed by atoms with van der Waals surface area (Å²) < 4.78 is 1.69. The maximum absolute atomic E-state index is 11.0. The number of nitrogens with one attached hydrogen (secondary N) is 1. The number of carbonyl (C=O) groups excluding carboxylic acids is 1. The van der Waals surface area contributed by atoms with Crippen LogP contribution in [0.25, 0.3) is 0 Å². The van der Waals surface area contributed by atoms with Crippen LogP contribution in [0.15, 0.2) is 36.7 Å². The molecular formula is C14H18N4O2. The van der Waals surface area contributed by atoms with Crippen molar-refractivity contribution in [3.8, 4) is 0 Å². The van der Waals surface area contributed by atoms with Crippen LogP contribution in [-0.4, -0.2) is 27.4 Å². The minimum absolute atomic E-state index is 0.0655. The first-order valence-corrected chi connectivity index (χ1v) is 6.41. The van der Waals surface area contributed by atoms with Gasteiger partial charge in [0.1, 0.15) is 0 Å². The molecule has 2 rings (SSSR count). The van der Waals surface area contributed by atoms with E-state index < -0.39 is 0 Å². The zero-order chi connectivity index (χ0) is 14.4. The Bertz CT molecular complexity index is 580. The van der Waals surface area contributed by atoms with E-state index in [4.69, 9.17) is 10.8 Å². The monoisotopic (exact) mass is 274 g/mol. The Kier molecular flexibility index (Phi) is 4.73. The first-order valence-electron chi connectivity index (χ1n) is 6.41. The van der Waals surface area contributed by atoms with Crippen molar-refractivity contribution in [3.05, 3.63) is 47.8 Å². The summed E-state index contributed by atoms with van der Waals surface area (Å²) in [5, 5.41) is 16.2. The maximum Gasteiger partial charge on any atom is 0.221 e. The van der Waals surface area contributed by atoms with Gasteiger partial charge in [0, 0.05) is 24.0 Å². The summed E-state index contributed by atoms with van der Waals surface area (Å²) >= 11 is 0. The number of anilines is 1. The van der Waals surface area contributed by atoms with Gasteiger partial charge in [-0.05, 0) is 11.6 Å². The molecule has 0 aliphatic rings. The predicted octanol–water partition coefficient (Wildman–Crippen LogP) is 0.515. The number of amides is 1. The summed E-state index contributed by atoms with van der Waals surface area (Å²) in [4.78, 5) is 11.0. The average molecular weight is 274 g/mol. The van der Waals surface area contributed by atoms with E-state index in [1.165, 1.54) is 0 Å². The van der Waals surface area contributed by atoms with Gasteiger partial charge in [-0.1, -0.05) is 18.2 Å². The Labute approximate surface area is 117 Å². The van der Waals surface area contributed by atoms with Crippen molar-refractivity contribution in [2.75, 3.05) is 11.9 Å². The van der Waals surface area contributed by atoms with Crippen molar-refractivity contribution in [2.24, 2.45) is 5.73 Å². The molecule has 1 aromatic heterocycles. The van der Waals surface area contributed by atoms with Gasteiger partial charge in [0.15, 0.2) is 0 Å². The zero-order valence-electron chi connectivity index (χ0n) is 11.1. The molecule has 1 aromatic carbocycles. The number of nitrogens with two attached hydrogens (primary N) is 1. The second-order valence-corrected chi connectivity index (χ2v) is 4.49. The molecule has 2 aromatic rings. The molecule has 106 valence electrons. The fourth-order valence-corrected chi connectivity index (χ4v) is 1.95. The van der Waals surface area contributed by atoms with E-state index >= 15 is 0 Å². The van der Waals surface area contributed by atoms with Crippen molar-refractivity contribution in [1.82, 2.24) is 9.78 Å². The molecule has 1 heterocycles. The summed E-state index contributed by atoms with van der Waals surface area (Å²) in [6.45, 7) is 1.15. The van der Waals surface area contributed by atoms with Crippen molar-refractivity contribution >= 4 is 11.6 Å². The number of aliphatic hydroxyl groups is 1. The number of benzene rings is 1. The van der Waals surface area contributed by atoms with E-state index in [2.05, 4.69) is 10.4 Å². The second-order valence-electron chi connectivity index (χ2n) is 4.49. The molecule has 0 spiro atoms. The molecule has 0 unspecified atom stereocenters. The van der Waals surface area contributed by atoms with Crippen molar-refractivity contribution in [3.63, 3.8) is 0 Å². The standard InChI is InChI=1S/C14H18N4O2/c15-14(20)7-12-3-1-2-4-13(12)16-8-11-9-17-18(10-11)5-6-19/h1-4,9-10,16,19H,5-8H2,(H2,15,20). The number of aliphatic hydroxyl groups excluding tert-OH is 1. The Morgan fingerprint density at radius 1 is 1.40 bits per heavy atom. The predicted molar refractivity (Wildman–Crippen MR) is 76.0 cm³/mol. The Morgan fingerprint density at radius 2 is 2.20 bits per heavy atom. The SMILES string of the molecule is NC(=O)Cc1ccccc1NCc1cnn(CCO)c1. The van der Waals surface area contributed by atoms with Crippen LogP contribution in [0, 0.1) is 0 Å². The van der Waals surface area contributed by atoms with Gasteiger partial charge in [-0.2, -0.15) is 5.10 Å².